The Kier molecular flexibility index (Phi) is 3.71. The van der Waals surface area contributed by atoms with E-state index in [2.05, 4.69) is 11.8 Å². The molecule has 1 aliphatic rings. The van der Waals surface area contributed by atoms with E-state index in [0.29, 0.717) is 12.2 Å². The molecule has 0 N–H and O–H groups in total. The Morgan fingerprint density at radius 3 is 2.29 bits per heavy atom. The van der Waals surface area contributed by atoms with Gasteiger partial charge < -0.3 is 4.90 Å². The van der Waals surface area contributed by atoms with Crippen LogP contribution in [0, 0.1) is 5.41 Å². The fourth-order valence-electron chi connectivity index (χ4n) is 1.66. The fourth-order valence-corrected chi connectivity index (χ4v) is 1.66. The standard InChI is InChI=1S/C12H23NO/c1-5-13(10-6-7-10)9-8-11(14)12(2,3)4/h10H,5-9H2,1-4H3. The average Bonchev–Trinajstić information content (AvgIpc) is 2.87. The lowest BCUT2D eigenvalue weighted by Gasteiger charge is -2.22. The highest BCUT2D eigenvalue weighted by Crippen LogP contribution is 2.27. The monoisotopic (exact) mass is 197 g/mol. The smallest absolute Gasteiger partial charge is 0.139 e. The molecule has 0 atom stereocenters. The van der Waals surface area contributed by atoms with Gasteiger partial charge in [0.2, 0.25) is 0 Å². The Balaban J connectivity index is 2.27. The van der Waals surface area contributed by atoms with Crippen LogP contribution in [0.1, 0.15) is 47.0 Å². The Morgan fingerprint density at radius 2 is 1.93 bits per heavy atom. The van der Waals surface area contributed by atoms with Crippen molar-refractivity contribution in [3.63, 3.8) is 0 Å². The molecule has 0 radical (unpaired) electrons. The summed E-state index contributed by atoms with van der Waals surface area (Å²) in [5, 5.41) is 0. The zero-order valence-electron chi connectivity index (χ0n) is 9.97. The number of carbonyl (C=O) groups is 1. The maximum atomic E-state index is 11.7. The molecule has 0 spiro atoms. The molecule has 0 aromatic heterocycles. The second-order valence-electron chi connectivity index (χ2n) is 5.28. The SMILES string of the molecule is CCN(CCC(=O)C(C)(C)C)C1CC1. The van der Waals surface area contributed by atoms with Gasteiger partial charge in [-0.05, 0) is 19.4 Å². The number of Topliss-reactive ketones (excluding diaryl/α,β-unsaturated/α-hetero) is 1. The third-order valence-corrected chi connectivity index (χ3v) is 2.93. The summed E-state index contributed by atoms with van der Waals surface area (Å²) in [5.74, 6) is 0.386. The lowest BCUT2D eigenvalue weighted by atomic mass is 9.89. The van der Waals surface area contributed by atoms with Gasteiger partial charge in [0.25, 0.3) is 0 Å². The van der Waals surface area contributed by atoms with Crippen molar-refractivity contribution in [1.29, 1.82) is 0 Å². The molecule has 2 nitrogen and oxygen atoms in total. The van der Waals surface area contributed by atoms with Gasteiger partial charge in [0, 0.05) is 24.4 Å². The van der Waals surface area contributed by atoms with E-state index >= 15 is 0 Å². The lowest BCUT2D eigenvalue weighted by molar-refractivity contribution is -0.126. The molecule has 0 saturated heterocycles. The predicted molar refractivity (Wildman–Crippen MR) is 59.3 cm³/mol. The molecule has 14 heavy (non-hydrogen) atoms. The van der Waals surface area contributed by atoms with E-state index in [1.165, 1.54) is 12.8 Å². The lowest BCUT2D eigenvalue weighted by Crippen LogP contribution is -2.31. The number of hydrogen-bond donors (Lipinski definition) is 0. The average molecular weight is 197 g/mol. The molecule has 1 aliphatic carbocycles. The molecule has 0 heterocycles. The molecule has 1 saturated carbocycles. The van der Waals surface area contributed by atoms with Crippen LogP contribution < -0.4 is 0 Å². The van der Waals surface area contributed by atoms with Gasteiger partial charge in [-0.1, -0.05) is 27.7 Å². The Bertz CT molecular complexity index is 201. The first kappa shape index (κ1) is 11.7. The van der Waals surface area contributed by atoms with E-state index in [4.69, 9.17) is 0 Å². The van der Waals surface area contributed by atoms with Gasteiger partial charge in [0.05, 0.1) is 0 Å². The van der Waals surface area contributed by atoms with Crippen molar-refractivity contribution < 1.29 is 4.79 Å². The molecule has 0 aliphatic heterocycles. The maximum absolute atomic E-state index is 11.7. The number of carbonyl (C=O) groups excluding carboxylic acids is 1. The molecular weight excluding hydrogens is 174 g/mol. The van der Waals surface area contributed by atoms with Crippen LogP contribution in [0.15, 0.2) is 0 Å². The summed E-state index contributed by atoms with van der Waals surface area (Å²) in [4.78, 5) is 14.1. The fraction of sp³-hybridized carbons (Fsp3) is 0.917. The van der Waals surface area contributed by atoms with Crippen molar-refractivity contribution in [3.05, 3.63) is 0 Å². The number of nitrogens with zero attached hydrogens (tertiary/aromatic N) is 1. The van der Waals surface area contributed by atoms with Crippen LogP contribution in [0.3, 0.4) is 0 Å². The number of hydrogen-bond acceptors (Lipinski definition) is 2. The summed E-state index contributed by atoms with van der Waals surface area (Å²) in [5.41, 5.74) is -0.164. The predicted octanol–water partition coefficient (Wildman–Crippen LogP) is 2.48. The van der Waals surface area contributed by atoms with E-state index < -0.39 is 0 Å². The molecule has 2 heteroatoms. The quantitative estimate of drug-likeness (QED) is 0.675. The first-order valence-corrected chi connectivity index (χ1v) is 5.72. The molecule has 82 valence electrons. The van der Waals surface area contributed by atoms with Crippen molar-refractivity contribution >= 4 is 5.78 Å². The van der Waals surface area contributed by atoms with E-state index in [1.807, 2.05) is 20.8 Å². The highest BCUT2D eigenvalue weighted by atomic mass is 16.1. The largest absolute Gasteiger partial charge is 0.300 e. The minimum absolute atomic E-state index is 0.164. The van der Waals surface area contributed by atoms with Crippen LogP contribution in [-0.4, -0.2) is 29.8 Å². The molecule has 0 amide bonds. The minimum Gasteiger partial charge on any atom is -0.300 e. The van der Waals surface area contributed by atoms with Gasteiger partial charge in [0.15, 0.2) is 0 Å². The third kappa shape index (κ3) is 3.41. The van der Waals surface area contributed by atoms with Crippen molar-refractivity contribution in [3.8, 4) is 0 Å². The van der Waals surface area contributed by atoms with Crippen molar-refractivity contribution in [2.45, 2.75) is 53.0 Å². The molecule has 0 aromatic rings. The zero-order valence-corrected chi connectivity index (χ0v) is 9.97. The maximum Gasteiger partial charge on any atom is 0.139 e. The van der Waals surface area contributed by atoms with Gasteiger partial charge in [-0.15, -0.1) is 0 Å². The van der Waals surface area contributed by atoms with Crippen molar-refractivity contribution in [1.82, 2.24) is 4.90 Å². The van der Waals surface area contributed by atoms with E-state index in [9.17, 15) is 4.79 Å². The van der Waals surface area contributed by atoms with Gasteiger partial charge >= 0.3 is 0 Å². The van der Waals surface area contributed by atoms with Crippen LogP contribution in [0.5, 0.6) is 0 Å². The van der Waals surface area contributed by atoms with Crippen LogP contribution in [0.2, 0.25) is 0 Å². The van der Waals surface area contributed by atoms with Crippen molar-refractivity contribution in [2.24, 2.45) is 5.41 Å². The second kappa shape index (κ2) is 4.43. The minimum atomic E-state index is -0.164. The molecule has 1 rings (SSSR count). The summed E-state index contributed by atoms with van der Waals surface area (Å²) in [6, 6.07) is 0.785. The van der Waals surface area contributed by atoms with E-state index in [-0.39, 0.29) is 5.41 Å². The second-order valence-corrected chi connectivity index (χ2v) is 5.28. The first-order chi connectivity index (χ1) is 6.45. The van der Waals surface area contributed by atoms with Gasteiger partial charge in [-0.3, -0.25) is 4.79 Å². The normalized spacial score (nSPS) is 17.5. The summed E-state index contributed by atoms with van der Waals surface area (Å²) in [6.07, 6.45) is 3.38. The van der Waals surface area contributed by atoms with E-state index in [1.54, 1.807) is 0 Å². The van der Waals surface area contributed by atoms with Crippen LogP contribution in [-0.2, 0) is 4.79 Å². The Labute approximate surface area is 87.7 Å². The van der Waals surface area contributed by atoms with Gasteiger partial charge in [-0.2, -0.15) is 0 Å². The Hall–Kier alpha value is -0.370. The highest BCUT2D eigenvalue weighted by molar-refractivity contribution is 5.83. The summed E-state index contributed by atoms with van der Waals surface area (Å²) in [6.45, 7) is 10.2. The van der Waals surface area contributed by atoms with Crippen molar-refractivity contribution in [2.75, 3.05) is 13.1 Å². The molecule has 0 unspecified atom stereocenters. The molecular formula is C12H23NO. The third-order valence-electron chi connectivity index (χ3n) is 2.93. The summed E-state index contributed by atoms with van der Waals surface area (Å²) < 4.78 is 0. The first-order valence-electron chi connectivity index (χ1n) is 5.72. The Morgan fingerprint density at radius 1 is 1.36 bits per heavy atom. The molecule has 0 aromatic carbocycles. The van der Waals surface area contributed by atoms with Gasteiger partial charge in [-0.25, -0.2) is 0 Å². The van der Waals surface area contributed by atoms with Gasteiger partial charge in [0.1, 0.15) is 5.78 Å². The number of rotatable bonds is 5. The topological polar surface area (TPSA) is 20.3 Å². The summed E-state index contributed by atoms with van der Waals surface area (Å²) in [7, 11) is 0. The van der Waals surface area contributed by atoms with Crippen LogP contribution >= 0.6 is 0 Å². The van der Waals surface area contributed by atoms with E-state index in [0.717, 1.165) is 19.1 Å². The molecule has 1 fully saturated rings. The molecule has 0 bridgehead atoms. The highest BCUT2D eigenvalue weighted by Gasteiger charge is 2.29. The van der Waals surface area contributed by atoms with Crippen LogP contribution in [0.4, 0.5) is 0 Å². The zero-order chi connectivity index (χ0) is 10.8. The summed E-state index contributed by atoms with van der Waals surface area (Å²) >= 11 is 0. The van der Waals surface area contributed by atoms with Crippen LogP contribution in [0.25, 0.3) is 0 Å². The number of ketones is 1.